The van der Waals surface area contributed by atoms with Crippen molar-refractivity contribution in [1.82, 2.24) is 5.43 Å². The highest BCUT2D eigenvalue weighted by atomic mass is 32.1. The lowest BCUT2D eigenvalue weighted by atomic mass is 9.99. The van der Waals surface area contributed by atoms with Crippen LogP contribution < -0.4 is 11.3 Å². The number of hydrogen-bond donors (Lipinski definition) is 2. The maximum absolute atomic E-state index is 5.75. The van der Waals surface area contributed by atoms with Crippen LogP contribution in [0.5, 0.6) is 0 Å². The van der Waals surface area contributed by atoms with Crippen molar-refractivity contribution >= 4 is 11.3 Å². The summed E-state index contributed by atoms with van der Waals surface area (Å²) in [5.74, 6) is 5.75. The van der Waals surface area contributed by atoms with Crippen molar-refractivity contribution in [3.8, 4) is 0 Å². The van der Waals surface area contributed by atoms with Gasteiger partial charge < -0.3 is 0 Å². The topological polar surface area (TPSA) is 38.0 Å². The lowest BCUT2D eigenvalue weighted by molar-refractivity contribution is 0.558. The Kier molecular flexibility index (Phi) is 3.69. The van der Waals surface area contributed by atoms with E-state index in [0.29, 0.717) is 0 Å². The summed E-state index contributed by atoms with van der Waals surface area (Å²) >= 11 is 1.78. The van der Waals surface area contributed by atoms with Gasteiger partial charge in [0.05, 0.1) is 6.04 Å². The first-order valence-corrected chi connectivity index (χ1v) is 7.76. The molecule has 19 heavy (non-hydrogen) atoms. The molecule has 0 radical (unpaired) electrons. The van der Waals surface area contributed by atoms with Crippen molar-refractivity contribution < 1.29 is 0 Å². The molecule has 0 bridgehead atoms. The summed E-state index contributed by atoms with van der Waals surface area (Å²) in [4.78, 5) is 1.35. The monoisotopic (exact) mass is 272 g/mol. The molecule has 1 atom stereocenters. The van der Waals surface area contributed by atoms with Crippen LogP contribution in [0.1, 0.15) is 39.6 Å². The van der Waals surface area contributed by atoms with Crippen molar-refractivity contribution in [3.05, 3.63) is 56.8 Å². The minimum Gasteiger partial charge on any atom is -0.271 e. The fourth-order valence-corrected chi connectivity index (χ4v) is 3.94. The Hall–Kier alpha value is -1.16. The zero-order chi connectivity index (χ0) is 13.2. The van der Waals surface area contributed by atoms with Crippen LogP contribution in [0.2, 0.25) is 0 Å². The van der Waals surface area contributed by atoms with Gasteiger partial charge in [0, 0.05) is 4.88 Å². The molecule has 3 N–H and O–H groups in total. The third-order valence-electron chi connectivity index (χ3n) is 4.02. The van der Waals surface area contributed by atoms with Gasteiger partial charge in [0.25, 0.3) is 0 Å². The Morgan fingerprint density at radius 3 is 2.84 bits per heavy atom. The minimum absolute atomic E-state index is 0.222. The molecule has 2 nitrogen and oxygen atoms in total. The highest BCUT2D eigenvalue weighted by Crippen LogP contribution is 2.28. The molecular formula is C16H20N2S. The molecule has 100 valence electrons. The summed E-state index contributed by atoms with van der Waals surface area (Å²) in [6.07, 6.45) is 4.76. The molecule has 0 saturated heterocycles. The number of fused-ring (bicyclic) bond motifs is 1. The molecule has 3 heteroatoms. The van der Waals surface area contributed by atoms with E-state index < -0.39 is 0 Å². The third kappa shape index (κ3) is 2.59. The molecular weight excluding hydrogens is 252 g/mol. The van der Waals surface area contributed by atoms with Crippen LogP contribution in [0.3, 0.4) is 0 Å². The van der Waals surface area contributed by atoms with Gasteiger partial charge in [-0.05, 0) is 66.3 Å². The van der Waals surface area contributed by atoms with E-state index in [1.165, 1.54) is 46.4 Å². The summed E-state index contributed by atoms with van der Waals surface area (Å²) in [6, 6.07) is 9.31. The summed E-state index contributed by atoms with van der Waals surface area (Å²) in [6.45, 7) is 2.15. The van der Waals surface area contributed by atoms with E-state index in [9.17, 15) is 0 Å². The number of benzene rings is 1. The fourth-order valence-electron chi connectivity index (χ4n) is 2.96. The number of rotatable bonds is 4. The molecule has 1 aromatic carbocycles. The second kappa shape index (κ2) is 5.45. The van der Waals surface area contributed by atoms with E-state index in [4.69, 9.17) is 5.84 Å². The van der Waals surface area contributed by atoms with E-state index in [0.717, 1.165) is 6.42 Å². The number of nitrogens with two attached hydrogens (primary N) is 1. The first kappa shape index (κ1) is 12.9. The molecule has 3 rings (SSSR count). The Balaban J connectivity index is 1.81. The summed E-state index contributed by atoms with van der Waals surface area (Å²) in [5, 5.41) is 2.14. The Bertz CT molecular complexity index is 574. The molecule has 1 aliphatic rings. The van der Waals surface area contributed by atoms with Gasteiger partial charge in [-0.1, -0.05) is 18.2 Å². The third-order valence-corrected chi connectivity index (χ3v) is 5.15. The first-order chi connectivity index (χ1) is 9.28. The summed E-state index contributed by atoms with van der Waals surface area (Å²) in [7, 11) is 0. The molecule has 0 fully saturated rings. The van der Waals surface area contributed by atoms with Crippen LogP contribution >= 0.6 is 11.3 Å². The standard InChI is InChI=1S/C16H20N2S/c1-11-7-8-19-16(11)15(18-17)10-12-5-6-13-3-2-4-14(13)9-12/h5-9,15,18H,2-4,10,17H2,1H3. The van der Waals surface area contributed by atoms with Gasteiger partial charge in [0.15, 0.2) is 0 Å². The minimum atomic E-state index is 0.222. The highest BCUT2D eigenvalue weighted by Gasteiger charge is 2.16. The molecule has 2 aromatic rings. The fraction of sp³-hybridized carbons (Fsp3) is 0.375. The van der Waals surface area contributed by atoms with E-state index in [2.05, 4.69) is 42.0 Å². The summed E-state index contributed by atoms with van der Waals surface area (Å²) in [5.41, 5.74) is 8.76. The van der Waals surface area contributed by atoms with E-state index in [1.807, 2.05) is 0 Å². The zero-order valence-corrected chi connectivity index (χ0v) is 12.1. The first-order valence-electron chi connectivity index (χ1n) is 6.88. The van der Waals surface area contributed by atoms with Gasteiger partial charge >= 0.3 is 0 Å². The van der Waals surface area contributed by atoms with Gasteiger partial charge in [-0.2, -0.15) is 0 Å². The highest BCUT2D eigenvalue weighted by molar-refractivity contribution is 7.10. The Morgan fingerprint density at radius 1 is 1.26 bits per heavy atom. The van der Waals surface area contributed by atoms with E-state index in [1.54, 1.807) is 11.3 Å². The van der Waals surface area contributed by atoms with Crippen molar-refractivity contribution in [2.75, 3.05) is 0 Å². The van der Waals surface area contributed by atoms with Gasteiger partial charge in [0.1, 0.15) is 0 Å². The molecule has 0 saturated carbocycles. The normalized spacial score (nSPS) is 15.5. The quantitative estimate of drug-likeness (QED) is 0.662. The van der Waals surface area contributed by atoms with E-state index in [-0.39, 0.29) is 6.04 Å². The van der Waals surface area contributed by atoms with Gasteiger partial charge in [0.2, 0.25) is 0 Å². The zero-order valence-electron chi connectivity index (χ0n) is 11.3. The van der Waals surface area contributed by atoms with Crippen LogP contribution in [0, 0.1) is 6.92 Å². The smallest absolute Gasteiger partial charge is 0.0596 e. The molecule has 0 amide bonds. The number of nitrogens with one attached hydrogen (secondary N) is 1. The Labute approximate surface area is 118 Å². The maximum Gasteiger partial charge on any atom is 0.0596 e. The van der Waals surface area contributed by atoms with Crippen molar-refractivity contribution in [2.45, 2.75) is 38.6 Å². The predicted molar refractivity (Wildman–Crippen MR) is 81.3 cm³/mol. The molecule has 1 unspecified atom stereocenters. The average molecular weight is 272 g/mol. The van der Waals surface area contributed by atoms with Gasteiger partial charge in [-0.25, -0.2) is 0 Å². The lowest BCUT2D eigenvalue weighted by Crippen LogP contribution is -2.29. The average Bonchev–Trinajstić information content (AvgIpc) is 3.04. The van der Waals surface area contributed by atoms with Crippen molar-refractivity contribution in [2.24, 2.45) is 5.84 Å². The number of hydrogen-bond acceptors (Lipinski definition) is 3. The van der Waals surface area contributed by atoms with E-state index >= 15 is 0 Å². The lowest BCUT2D eigenvalue weighted by Gasteiger charge is -2.16. The van der Waals surface area contributed by atoms with Gasteiger partial charge in [-0.3, -0.25) is 11.3 Å². The second-order valence-corrected chi connectivity index (χ2v) is 6.30. The number of thiophene rings is 1. The van der Waals surface area contributed by atoms with Crippen molar-refractivity contribution in [3.63, 3.8) is 0 Å². The molecule has 1 heterocycles. The number of hydrazine groups is 1. The molecule has 0 spiro atoms. The molecule has 1 aromatic heterocycles. The van der Waals surface area contributed by atoms with Crippen LogP contribution in [0.25, 0.3) is 0 Å². The SMILES string of the molecule is Cc1ccsc1C(Cc1ccc2c(c1)CCC2)NN. The Morgan fingerprint density at radius 2 is 2.11 bits per heavy atom. The summed E-state index contributed by atoms with van der Waals surface area (Å²) < 4.78 is 0. The van der Waals surface area contributed by atoms with Crippen LogP contribution in [-0.4, -0.2) is 0 Å². The predicted octanol–water partition coefficient (Wildman–Crippen LogP) is 3.29. The second-order valence-electron chi connectivity index (χ2n) is 5.35. The van der Waals surface area contributed by atoms with Crippen LogP contribution in [0.4, 0.5) is 0 Å². The largest absolute Gasteiger partial charge is 0.271 e. The molecule has 0 aliphatic heterocycles. The number of aryl methyl sites for hydroxylation is 3. The van der Waals surface area contributed by atoms with Crippen LogP contribution in [0.15, 0.2) is 29.6 Å². The maximum atomic E-state index is 5.75. The molecule has 1 aliphatic carbocycles. The van der Waals surface area contributed by atoms with Gasteiger partial charge in [-0.15, -0.1) is 11.3 Å². The van der Waals surface area contributed by atoms with Crippen LogP contribution in [-0.2, 0) is 19.3 Å². The van der Waals surface area contributed by atoms with Crippen molar-refractivity contribution in [1.29, 1.82) is 0 Å².